The number of ether oxygens (including phenoxy) is 3. The highest BCUT2D eigenvalue weighted by atomic mass is 19.4. The first-order valence-electron chi connectivity index (χ1n) is 13.8. The second-order valence-corrected chi connectivity index (χ2v) is 10.9. The van der Waals surface area contributed by atoms with Gasteiger partial charge in [0.25, 0.3) is 11.8 Å². The van der Waals surface area contributed by atoms with Crippen molar-refractivity contribution in [2.75, 3.05) is 20.2 Å². The fourth-order valence-corrected chi connectivity index (χ4v) is 5.36. The number of aryl methyl sites for hydroxylation is 3. The van der Waals surface area contributed by atoms with Crippen LogP contribution in [-0.2, 0) is 20.7 Å². The number of carbonyl (C=O) groups excluding carboxylic acids is 1. The summed E-state index contributed by atoms with van der Waals surface area (Å²) in [5.74, 6) is -1.22. The number of nitrogens with zero attached hydrogens (tertiary/aromatic N) is 7. The first kappa shape index (κ1) is 31.7. The molecule has 1 aliphatic rings. The van der Waals surface area contributed by atoms with Gasteiger partial charge in [-0.05, 0) is 29.8 Å². The van der Waals surface area contributed by atoms with Gasteiger partial charge in [-0.1, -0.05) is 0 Å². The third-order valence-electron chi connectivity index (χ3n) is 7.57. The van der Waals surface area contributed by atoms with Crippen molar-refractivity contribution in [2.24, 2.45) is 14.1 Å². The standard InChI is InChI=1S/C29H26F5N7O6/c1-14-36-37-22(46-14)11-45-20-6-15(17-9-35-39(2)10-17)5-18-23(20)25(40(3)38-18)16-7-19(44-4)24(21(8-16)47-27(30)31)26(42)41-12-28(43,13-41)29(32,33)34/h5-10,27,43H,11-13H2,1-4H3. The van der Waals surface area contributed by atoms with Crippen molar-refractivity contribution >= 4 is 16.8 Å². The number of hydrogen-bond donors (Lipinski definition) is 1. The van der Waals surface area contributed by atoms with Crippen LogP contribution in [0, 0.1) is 6.92 Å². The first-order chi connectivity index (χ1) is 22.2. The predicted octanol–water partition coefficient (Wildman–Crippen LogP) is 4.27. The molecule has 13 nitrogen and oxygen atoms in total. The van der Waals surface area contributed by atoms with Gasteiger partial charge in [0.05, 0.1) is 43.0 Å². The zero-order valence-electron chi connectivity index (χ0n) is 25.2. The molecular weight excluding hydrogens is 637 g/mol. The molecule has 1 aliphatic heterocycles. The van der Waals surface area contributed by atoms with E-state index in [2.05, 4.69) is 20.4 Å². The molecule has 0 aliphatic carbocycles. The number of methoxy groups -OCH3 is 1. The first-order valence-corrected chi connectivity index (χ1v) is 13.8. The number of aromatic nitrogens is 6. The molecule has 0 bridgehead atoms. The lowest BCUT2D eigenvalue weighted by Gasteiger charge is -2.47. The summed E-state index contributed by atoms with van der Waals surface area (Å²) >= 11 is 0. The van der Waals surface area contributed by atoms with Crippen LogP contribution in [0.15, 0.2) is 41.1 Å². The quantitative estimate of drug-likeness (QED) is 0.227. The van der Waals surface area contributed by atoms with Crippen LogP contribution >= 0.6 is 0 Å². The molecule has 18 heteroatoms. The Morgan fingerprint density at radius 1 is 1.06 bits per heavy atom. The van der Waals surface area contributed by atoms with Crippen LogP contribution in [0.1, 0.15) is 22.1 Å². The minimum atomic E-state index is -5.00. The third-order valence-corrected chi connectivity index (χ3v) is 7.57. The molecule has 1 amide bonds. The van der Waals surface area contributed by atoms with Crippen molar-refractivity contribution in [3.8, 4) is 39.6 Å². The van der Waals surface area contributed by atoms with Crippen LogP contribution in [0.4, 0.5) is 22.0 Å². The largest absolute Gasteiger partial charge is 0.496 e. The van der Waals surface area contributed by atoms with Gasteiger partial charge in [-0.2, -0.15) is 32.1 Å². The number of halogens is 5. The second kappa shape index (κ2) is 11.5. The average molecular weight is 664 g/mol. The van der Waals surface area contributed by atoms with Gasteiger partial charge >= 0.3 is 12.8 Å². The number of rotatable bonds is 9. The van der Waals surface area contributed by atoms with Crippen molar-refractivity contribution in [3.63, 3.8) is 0 Å². The Labute approximate surface area is 262 Å². The van der Waals surface area contributed by atoms with Crippen molar-refractivity contribution in [3.05, 3.63) is 54.0 Å². The van der Waals surface area contributed by atoms with Crippen molar-refractivity contribution in [2.45, 2.75) is 31.9 Å². The minimum Gasteiger partial charge on any atom is -0.496 e. The molecule has 47 heavy (non-hydrogen) atoms. The summed E-state index contributed by atoms with van der Waals surface area (Å²) in [4.78, 5) is 14.0. The number of fused-ring (bicyclic) bond motifs is 1. The van der Waals surface area contributed by atoms with Crippen molar-refractivity contribution < 1.29 is 50.5 Å². The Bertz CT molecular complexity index is 1980. The van der Waals surface area contributed by atoms with E-state index in [1.165, 1.54) is 10.7 Å². The predicted molar refractivity (Wildman–Crippen MR) is 152 cm³/mol. The molecule has 1 saturated heterocycles. The molecule has 4 heterocycles. The number of β-amino-alcohol motifs (C(OH)–C–C–N with tert-alkyl or cyclic N) is 1. The van der Waals surface area contributed by atoms with Crippen LogP contribution in [-0.4, -0.2) is 84.3 Å². The monoisotopic (exact) mass is 663 g/mol. The lowest BCUT2D eigenvalue weighted by Crippen LogP contribution is -2.70. The number of carbonyl (C=O) groups is 1. The van der Waals surface area contributed by atoms with E-state index in [1.807, 2.05) is 0 Å². The number of likely N-dealkylation sites (tertiary alicyclic amines) is 1. The van der Waals surface area contributed by atoms with Gasteiger partial charge in [-0.3, -0.25) is 14.2 Å². The zero-order chi connectivity index (χ0) is 33.8. The molecule has 0 atom stereocenters. The maximum atomic E-state index is 13.7. The van der Waals surface area contributed by atoms with Crippen LogP contribution in [0.3, 0.4) is 0 Å². The van der Waals surface area contributed by atoms with E-state index >= 15 is 0 Å². The zero-order valence-corrected chi connectivity index (χ0v) is 25.2. The fourth-order valence-electron chi connectivity index (χ4n) is 5.36. The highest BCUT2D eigenvalue weighted by Crippen LogP contribution is 2.44. The highest BCUT2D eigenvalue weighted by molar-refractivity contribution is 6.04. The van der Waals surface area contributed by atoms with E-state index in [1.54, 1.807) is 50.2 Å². The Kier molecular flexibility index (Phi) is 7.77. The lowest BCUT2D eigenvalue weighted by atomic mass is 9.92. The summed E-state index contributed by atoms with van der Waals surface area (Å²) in [7, 11) is 4.52. The summed E-state index contributed by atoms with van der Waals surface area (Å²) in [6, 6.07) is 5.98. The number of aliphatic hydroxyl groups is 1. The molecule has 0 radical (unpaired) electrons. The molecule has 0 unspecified atom stereocenters. The highest BCUT2D eigenvalue weighted by Gasteiger charge is 2.62. The maximum absolute atomic E-state index is 13.7. The lowest BCUT2D eigenvalue weighted by molar-refractivity contribution is -0.294. The molecule has 248 valence electrons. The molecule has 6 rings (SSSR count). The SMILES string of the molecule is COc1cc(-c2c3c(OCc4nnc(C)o4)cc(-c4cnn(C)c4)cc3nn2C)cc(OC(F)F)c1C(=O)N1CC(O)(C(F)(F)F)C1. The normalized spacial score (nSPS) is 14.5. The average Bonchev–Trinajstić information content (AvgIpc) is 3.69. The fraction of sp³-hybridized carbons (Fsp3) is 0.345. The molecule has 0 saturated carbocycles. The smallest absolute Gasteiger partial charge is 0.420 e. The van der Waals surface area contributed by atoms with Crippen molar-refractivity contribution in [1.82, 2.24) is 34.7 Å². The summed E-state index contributed by atoms with van der Waals surface area (Å²) in [5, 5.41) is 26.9. The summed E-state index contributed by atoms with van der Waals surface area (Å²) in [6.07, 6.45) is -1.56. The topological polar surface area (TPSA) is 143 Å². The second-order valence-electron chi connectivity index (χ2n) is 10.9. The van der Waals surface area contributed by atoms with E-state index in [-0.39, 0.29) is 23.8 Å². The molecule has 5 aromatic rings. The number of alkyl halides is 5. The van der Waals surface area contributed by atoms with E-state index in [9.17, 15) is 31.9 Å². The summed E-state index contributed by atoms with van der Waals surface area (Å²) < 4.78 is 91.8. The molecule has 1 fully saturated rings. The van der Waals surface area contributed by atoms with Gasteiger partial charge in [0, 0.05) is 38.3 Å². The van der Waals surface area contributed by atoms with Gasteiger partial charge in [-0.25, -0.2) is 0 Å². The Hall–Kier alpha value is -5.26. The van der Waals surface area contributed by atoms with Crippen LogP contribution < -0.4 is 14.2 Å². The van der Waals surface area contributed by atoms with Crippen molar-refractivity contribution in [1.29, 1.82) is 0 Å². The van der Waals surface area contributed by atoms with E-state index < -0.39 is 48.7 Å². The number of amides is 1. The van der Waals surface area contributed by atoms with E-state index in [0.29, 0.717) is 38.7 Å². The minimum absolute atomic E-state index is 0.128. The van der Waals surface area contributed by atoms with Gasteiger partial charge in [-0.15, -0.1) is 10.2 Å². The van der Waals surface area contributed by atoms with Gasteiger partial charge in [0.1, 0.15) is 22.8 Å². The number of hydrogen-bond acceptors (Lipinski definition) is 10. The van der Waals surface area contributed by atoms with Gasteiger partial charge < -0.3 is 28.6 Å². The Balaban J connectivity index is 1.48. The van der Waals surface area contributed by atoms with E-state index in [0.717, 1.165) is 18.7 Å². The van der Waals surface area contributed by atoms with Gasteiger partial charge in [0.2, 0.25) is 5.89 Å². The Morgan fingerprint density at radius 2 is 1.77 bits per heavy atom. The van der Waals surface area contributed by atoms with Gasteiger partial charge in [0.15, 0.2) is 12.2 Å². The molecule has 1 N–H and O–H groups in total. The molecular formula is C29H26F5N7O6. The molecule has 0 spiro atoms. The van der Waals surface area contributed by atoms with Crippen LogP contribution in [0.25, 0.3) is 33.3 Å². The number of benzene rings is 2. The molecule has 2 aromatic carbocycles. The van der Waals surface area contributed by atoms with Crippen LogP contribution in [0.2, 0.25) is 0 Å². The summed E-state index contributed by atoms with van der Waals surface area (Å²) in [5.41, 5.74) is -1.26. The molecule has 3 aromatic heterocycles. The maximum Gasteiger partial charge on any atom is 0.420 e. The van der Waals surface area contributed by atoms with E-state index in [4.69, 9.17) is 18.6 Å². The Morgan fingerprint density at radius 3 is 2.36 bits per heavy atom. The van der Waals surface area contributed by atoms with Crippen LogP contribution in [0.5, 0.6) is 17.2 Å². The third kappa shape index (κ3) is 5.79. The summed E-state index contributed by atoms with van der Waals surface area (Å²) in [6.45, 7) is -4.11.